The molecular weight excluding hydrogens is 362 g/mol. The first kappa shape index (κ1) is 15.5. The zero-order chi connectivity index (χ0) is 13.9. The van der Waals surface area contributed by atoms with Crippen LogP contribution in [0, 0.1) is 0 Å². The van der Waals surface area contributed by atoms with Gasteiger partial charge < -0.3 is 9.64 Å². The van der Waals surface area contributed by atoms with Crippen LogP contribution >= 0.6 is 31.9 Å². The number of halogens is 2. The Balaban J connectivity index is 3.11. The first-order chi connectivity index (χ1) is 8.33. The lowest BCUT2D eigenvalue weighted by Crippen LogP contribution is -2.46. The zero-order valence-electron chi connectivity index (χ0n) is 11.0. The SMILES string of the molecule is COc1cc(Br)ccc1C(=O)N(C)C(C)(C)CBr. The van der Waals surface area contributed by atoms with Gasteiger partial charge in [-0.1, -0.05) is 31.9 Å². The molecule has 0 aromatic heterocycles. The van der Waals surface area contributed by atoms with Crippen molar-refractivity contribution >= 4 is 37.8 Å². The molecule has 100 valence electrons. The third-order valence-corrected chi connectivity index (χ3v) is 4.80. The van der Waals surface area contributed by atoms with Gasteiger partial charge in [0.15, 0.2) is 0 Å². The first-order valence-electron chi connectivity index (χ1n) is 5.51. The molecule has 18 heavy (non-hydrogen) atoms. The van der Waals surface area contributed by atoms with Crippen LogP contribution in [-0.4, -0.2) is 35.8 Å². The van der Waals surface area contributed by atoms with Crippen molar-refractivity contribution < 1.29 is 9.53 Å². The van der Waals surface area contributed by atoms with Gasteiger partial charge in [0.2, 0.25) is 0 Å². The normalized spacial score (nSPS) is 11.2. The number of hydrogen-bond donors (Lipinski definition) is 0. The number of rotatable bonds is 4. The van der Waals surface area contributed by atoms with Gasteiger partial charge in [0.05, 0.1) is 12.7 Å². The Morgan fingerprint density at radius 3 is 2.56 bits per heavy atom. The summed E-state index contributed by atoms with van der Waals surface area (Å²) in [6.45, 7) is 4.01. The number of benzene rings is 1. The molecule has 1 aromatic rings. The molecule has 0 fully saturated rings. The van der Waals surface area contributed by atoms with Crippen LogP contribution in [0.5, 0.6) is 5.75 Å². The van der Waals surface area contributed by atoms with Crippen molar-refractivity contribution in [3.05, 3.63) is 28.2 Å². The number of amides is 1. The minimum Gasteiger partial charge on any atom is -0.496 e. The largest absolute Gasteiger partial charge is 0.496 e. The highest BCUT2D eigenvalue weighted by molar-refractivity contribution is 9.10. The third-order valence-electron chi connectivity index (χ3n) is 2.93. The van der Waals surface area contributed by atoms with E-state index in [1.807, 2.05) is 19.9 Å². The van der Waals surface area contributed by atoms with Gasteiger partial charge in [0.1, 0.15) is 5.75 Å². The molecule has 0 spiro atoms. The summed E-state index contributed by atoms with van der Waals surface area (Å²) in [5.74, 6) is 0.524. The molecule has 0 aliphatic carbocycles. The molecule has 1 amide bonds. The van der Waals surface area contributed by atoms with Crippen LogP contribution in [0.4, 0.5) is 0 Å². The zero-order valence-corrected chi connectivity index (χ0v) is 14.1. The molecule has 0 saturated heterocycles. The highest BCUT2D eigenvalue weighted by atomic mass is 79.9. The van der Waals surface area contributed by atoms with E-state index in [9.17, 15) is 4.79 Å². The molecule has 0 saturated carbocycles. The van der Waals surface area contributed by atoms with Crippen molar-refractivity contribution in [2.45, 2.75) is 19.4 Å². The number of hydrogen-bond acceptors (Lipinski definition) is 2. The molecular formula is C13H17Br2NO2. The number of carbonyl (C=O) groups excluding carboxylic acids is 1. The Hall–Kier alpha value is -0.550. The van der Waals surface area contributed by atoms with E-state index in [4.69, 9.17) is 4.74 Å². The highest BCUT2D eigenvalue weighted by Crippen LogP contribution is 2.27. The summed E-state index contributed by atoms with van der Waals surface area (Å²) in [7, 11) is 3.36. The standard InChI is InChI=1S/C13H17Br2NO2/c1-13(2,8-14)16(3)12(17)10-6-5-9(15)7-11(10)18-4/h5-7H,8H2,1-4H3. The molecule has 3 nitrogen and oxygen atoms in total. The summed E-state index contributed by atoms with van der Waals surface area (Å²) < 4.78 is 6.14. The van der Waals surface area contributed by atoms with E-state index in [1.165, 1.54) is 0 Å². The van der Waals surface area contributed by atoms with Crippen LogP contribution in [0.3, 0.4) is 0 Å². The molecule has 0 unspecified atom stereocenters. The Bertz CT molecular complexity index is 447. The molecule has 5 heteroatoms. The average molecular weight is 379 g/mol. The molecule has 1 aromatic carbocycles. The van der Waals surface area contributed by atoms with E-state index in [-0.39, 0.29) is 11.4 Å². The van der Waals surface area contributed by atoms with Gasteiger partial charge in [-0.3, -0.25) is 4.79 Å². The van der Waals surface area contributed by atoms with Gasteiger partial charge in [-0.25, -0.2) is 0 Å². The van der Waals surface area contributed by atoms with Crippen LogP contribution in [0.1, 0.15) is 24.2 Å². The van der Waals surface area contributed by atoms with Gasteiger partial charge in [-0.05, 0) is 32.0 Å². The topological polar surface area (TPSA) is 29.5 Å². The van der Waals surface area contributed by atoms with Crippen LogP contribution in [0.15, 0.2) is 22.7 Å². The second-order valence-electron chi connectivity index (χ2n) is 4.65. The summed E-state index contributed by atoms with van der Waals surface area (Å²) in [6.07, 6.45) is 0. The molecule has 1 rings (SSSR count). The minimum absolute atomic E-state index is 0.0520. The van der Waals surface area contributed by atoms with Crippen molar-refractivity contribution in [3.63, 3.8) is 0 Å². The number of nitrogens with zero attached hydrogens (tertiary/aromatic N) is 1. The molecule has 0 heterocycles. The van der Waals surface area contributed by atoms with E-state index < -0.39 is 0 Å². The van der Waals surface area contributed by atoms with Crippen LogP contribution in [0.2, 0.25) is 0 Å². The fraction of sp³-hybridized carbons (Fsp3) is 0.462. The summed E-state index contributed by atoms with van der Waals surface area (Å²) in [4.78, 5) is 14.2. The quantitative estimate of drug-likeness (QED) is 0.747. The predicted octanol–water partition coefficient (Wildman–Crippen LogP) is 3.70. The Morgan fingerprint density at radius 2 is 2.06 bits per heavy atom. The van der Waals surface area contributed by atoms with Crippen molar-refractivity contribution in [1.29, 1.82) is 0 Å². The number of ether oxygens (including phenoxy) is 1. The summed E-state index contributed by atoms with van der Waals surface area (Å²) in [6, 6.07) is 5.40. The second-order valence-corrected chi connectivity index (χ2v) is 6.13. The molecule has 0 radical (unpaired) electrons. The lowest BCUT2D eigenvalue weighted by molar-refractivity contribution is 0.0660. The molecule has 0 N–H and O–H groups in total. The smallest absolute Gasteiger partial charge is 0.257 e. The Morgan fingerprint density at radius 1 is 1.44 bits per heavy atom. The average Bonchev–Trinajstić information content (AvgIpc) is 2.36. The molecule has 0 bridgehead atoms. The third kappa shape index (κ3) is 3.26. The Labute approximate surface area is 125 Å². The van der Waals surface area contributed by atoms with Crippen molar-refractivity contribution in [2.24, 2.45) is 0 Å². The van der Waals surface area contributed by atoms with Crippen LogP contribution in [-0.2, 0) is 0 Å². The van der Waals surface area contributed by atoms with Crippen molar-refractivity contribution in [1.82, 2.24) is 4.90 Å². The van der Waals surface area contributed by atoms with E-state index in [0.717, 1.165) is 4.47 Å². The first-order valence-corrected chi connectivity index (χ1v) is 7.42. The fourth-order valence-electron chi connectivity index (χ4n) is 1.39. The monoisotopic (exact) mass is 377 g/mol. The number of methoxy groups -OCH3 is 1. The molecule has 0 aliphatic rings. The van der Waals surface area contributed by atoms with Crippen LogP contribution < -0.4 is 4.74 Å². The minimum atomic E-state index is -0.255. The summed E-state index contributed by atoms with van der Waals surface area (Å²) in [5.41, 5.74) is 0.312. The van der Waals surface area contributed by atoms with Gasteiger partial charge in [-0.2, -0.15) is 0 Å². The van der Waals surface area contributed by atoms with Gasteiger partial charge in [0.25, 0.3) is 5.91 Å². The van der Waals surface area contributed by atoms with Crippen molar-refractivity contribution in [3.8, 4) is 5.75 Å². The second kappa shape index (κ2) is 6.06. The number of carbonyl (C=O) groups is 1. The van der Waals surface area contributed by atoms with E-state index in [0.29, 0.717) is 16.6 Å². The van der Waals surface area contributed by atoms with Crippen molar-refractivity contribution in [2.75, 3.05) is 19.5 Å². The Kier molecular flexibility index (Phi) is 5.22. The molecule has 0 aliphatic heterocycles. The maximum Gasteiger partial charge on any atom is 0.257 e. The van der Waals surface area contributed by atoms with E-state index in [2.05, 4.69) is 31.9 Å². The fourth-order valence-corrected chi connectivity index (χ4v) is 2.10. The lowest BCUT2D eigenvalue weighted by atomic mass is 10.0. The van der Waals surface area contributed by atoms with Gasteiger partial charge in [0, 0.05) is 22.4 Å². The molecule has 0 atom stereocenters. The van der Waals surface area contributed by atoms with Gasteiger partial charge in [-0.15, -0.1) is 0 Å². The van der Waals surface area contributed by atoms with Gasteiger partial charge >= 0.3 is 0 Å². The summed E-state index contributed by atoms with van der Waals surface area (Å²) >= 11 is 6.79. The summed E-state index contributed by atoms with van der Waals surface area (Å²) in [5, 5.41) is 0.709. The van der Waals surface area contributed by atoms with E-state index >= 15 is 0 Å². The highest BCUT2D eigenvalue weighted by Gasteiger charge is 2.28. The van der Waals surface area contributed by atoms with E-state index in [1.54, 1.807) is 31.2 Å². The maximum absolute atomic E-state index is 12.5. The van der Waals surface area contributed by atoms with Crippen LogP contribution in [0.25, 0.3) is 0 Å². The number of alkyl halides is 1. The lowest BCUT2D eigenvalue weighted by Gasteiger charge is -2.34. The maximum atomic E-state index is 12.5. The predicted molar refractivity (Wildman–Crippen MR) is 80.7 cm³/mol.